The molecule has 304 valence electrons. The Morgan fingerprint density at radius 1 is 0.881 bits per heavy atom. The molecule has 5 N–H and O–H groups in total. The maximum Gasteiger partial charge on any atom is 0.408 e. The quantitative estimate of drug-likeness (QED) is 0.0686. The van der Waals surface area contributed by atoms with Crippen LogP contribution in [0.25, 0.3) is 10.9 Å². The summed E-state index contributed by atoms with van der Waals surface area (Å²) in [6.45, 7) is 4.08. The number of aromatic amines is 1. The lowest BCUT2D eigenvalue weighted by atomic mass is 9.86. The van der Waals surface area contributed by atoms with Gasteiger partial charge in [-0.25, -0.2) is 9.59 Å². The fraction of sp³-hybridized carbons (Fsp3) is 0.283. The molecule has 0 aliphatic carbocycles. The molecule has 3 saturated heterocycles. The molecule has 0 saturated carbocycles. The summed E-state index contributed by atoms with van der Waals surface area (Å²) < 4.78 is 17.7. The number of phenolic OH excluding ortho intramolecular Hbond substituents is 1. The lowest BCUT2D eigenvalue weighted by Gasteiger charge is -2.43. The summed E-state index contributed by atoms with van der Waals surface area (Å²) in [5.74, 6) is 0.565. The van der Waals surface area contributed by atoms with Gasteiger partial charge in [0.2, 0.25) is 5.56 Å². The molecular weight excluding hydrogens is 769 g/mol. The molecule has 5 heterocycles. The first-order valence-electron chi connectivity index (χ1n) is 19.8. The van der Waals surface area contributed by atoms with E-state index in [4.69, 9.17) is 14.2 Å². The summed E-state index contributed by atoms with van der Waals surface area (Å²) in [4.78, 5) is 43.8. The molecule has 4 aromatic carbocycles. The lowest BCUT2D eigenvalue weighted by molar-refractivity contribution is -0.0336. The van der Waals surface area contributed by atoms with Crippen LogP contribution in [-0.4, -0.2) is 64.4 Å². The van der Waals surface area contributed by atoms with Crippen LogP contribution in [-0.2, 0) is 29.2 Å². The molecule has 1 amide bonds. The Kier molecular flexibility index (Phi) is 12.3. The monoisotopic (exact) mass is 814 g/mol. The number of amides is 1. The topological polar surface area (TPSA) is 162 Å². The number of hydrogen-bond donors (Lipinski definition) is 5. The lowest BCUT2D eigenvalue weighted by Crippen LogP contribution is -2.52. The van der Waals surface area contributed by atoms with Gasteiger partial charge >= 0.3 is 12.1 Å². The molecule has 2 unspecified atom stereocenters. The average molecular weight is 815 g/mol. The molecule has 12 nitrogen and oxygen atoms in total. The van der Waals surface area contributed by atoms with Gasteiger partial charge in [0.25, 0.3) is 0 Å². The molecule has 3 aliphatic rings. The number of fused-ring (bicyclic) bond motifs is 4. The highest BCUT2D eigenvalue weighted by molar-refractivity contribution is 7.10. The number of alkyl carbamates (subject to hydrolysis) is 1. The Bertz CT molecular complexity index is 2450. The number of nitrogens with one attached hydrogen (secondary N) is 3. The van der Waals surface area contributed by atoms with Gasteiger partial charge in [0, 0.05) is 41.5 Å². The van der Waals surface area contributed by atoms with Crippen LogP contribution < -0.4 is 20.9 Å². The number of phenols is 1. The number of thiophene rings is 1. The first kappa shape index (κ1) is 39.8. The number of hydrogen-bond acceptors (Lipinski definition) is 11. The van der Waals surface area contributed by atoms with Crippen LogP contribution >= 0.6 is 11.3 Å². The van der Waals surface area contributed by atoms with Crippen molar-refractivity contribution in [3.8, 4) is 11.5 Å². The Hall–Kier alpha value is -5.99. The SMILES string of the molecule is O=C(N[C@@H](c1ccccc1)c1cccc(OCc2ccc(C(=O)OCc3csc(CNCC(O)c4ccc(O)c5[nH]c(=O)ccc45)c3)cc2)c1)OC1CN2CCC1CC2. The van der Waals surface area contributed by atoms with E-state index in [0.29, 0.717) is 34.7 Å². The third kappa shape index (κ3) is 9.83. The van der Waals surface area contributed by atoms with E-state index in [1.165, 1.54) is 23.5 Å². The predicted molar refractivity (Wildman–Crippen MR) is 224 cm³/mol. The second-order valence-electron chi connectivity index (χ2n) is 15.1. The summed E-state index contributed by atoms with van der Waals surface area (Å²) in [5.41, 5.74) is 4.50. The van der Waals surface area contributed by atoms with Gasteiger partial charge in [-0.05, 0) is 102 Å². The third-order valence-electron chi connectivity index (χ3n) is 11.0. The second kappa shape index (κ2) is 18.3. The molecular formula is C46H46N4O8S. The zero-order valence-electron chi connectivity index (χ0n) is 32.3. The molecule has 3 aliphatic heterocycles. The van der Waals surface area contributed by atoms with Gasteiger partial charge in [0.05, 0.1) is 23.2 Å². The number of rotatable bonds is 15. The number of H-pyrrole nitrogens is 1. The summed E-state index contributed by atoms with van der Waals surface area (Å²) in [5, 5.41) is 29.8. The van der Waals surface area contributed by atoms with Crippen LogP contribution in [0.15, 0.2) is 119 Å². The fourth-order valence-corrected chi connectivity index (χ4v) is 8.69. The molecule has 2 bridgehead atoms. The minimum Gasteiger partial charge on any atom is -0.506 e. The van der Waals surface area contributed by atoms with Crippen molar-refractivity contribution in [1.82, 2.24) is 20.5 Å². The minimum absolute atomic E-state index is 0.0583. The smallest absolute Gasteiger partial charge is 0.408 e. The van der Waals surface area contributed by atoms with E-state index in [1.807, 2.05) is 78.2 Å². The normalized spacial score (nSPS) is 18.2. The van der Waals surface area contributed by atoms with Crippen molar-refractivity contribution in [2.45, 2.75) is 50.8 Å². The highest BCUT2D eigenvalue weighted by Gasteiger charge is 2.37. The van der Waals surface area contributed by atoms with Gasteiger partial charge in [-0.1, -0.05) is 60.7 Å². The van der Waals surface area contributed by atoms with E-state index in [-0.39, 0.29) is 42.7 Å². The van der Waals surface area contributed by atoms with Gasteiger partial charge in [0.15, 0.2) is 0 Å². The number of aromatic nitrogens is 1. The number of ether oxygens (including phenoxy) is 3. The Labute approximate surface area is 345 Å². The van der Waals surface area contributed by atoms with E-state index in [9.17, 15) is 24.6 Å². The minimum atomic E-state index is -0.869. The van der Waals surface area contributed by atoms with E-state index in [2.05, 4.69) is 20.5 Å². The Balaban J connectivity index is 0.806. The standard InChI is InChI=1S/C46H46N4O8S/c51-39-15-13-37(38-14-16-42(53)48-44(38)39)40(52)24-47-23-36-21-30(28-59-36)27-57-45(54)33-11-9-29(10-12-33)26-56-35-8-4-7-34(22-35)43(32-5-2-1-3-6-32)49-46(55)58-41-25-50-19-17-31(41)18-20-50/h1-16,21-22,28,31,40-41,43,47,51-52H,17-20,23-27H2,(H,48,53)(H,49,55)/t40?,41?,43-/m0/s1. The van der Waals surface area contributed by atoms with Crippen LogP contribution in [0, 0.1) is 5.92 Å². The largest absolute Gasteiger partial charge is 0.506 e. The van der Waals surface area contributed by atoms with Gasteiger partial charge in [-0.15, -0.1) is 11.3 Å². The summed E-state index contributed by atoms with van der Waals surface area (Å²) in [6.07, 6.45) is 0.743. The summed E-state index contributed by atoms with van der Waals surface area (Å²) in [6, 6.07) is 32.2. The molecule has 13 heteroatoms. The maximum absolute atomic E-state index is 13.2. The van der Waals surface area contributed by atoms with Crippen molar-refractivity contribution < 1.29 is 34.0 Å². The van der Waals surface area contributed by atoms with Gasteiger partial charge in [-0.2, -0.15) is 0 Å². The number of piperidine rings is 3. The second-order valence-corrected chi connectivity index (χ2v) is 16.1. The highest BCUT2D eigenvalue weighted by Crippen LogP contribution is 2.32. The van der Waals surface area contributed by atoms with Crippen LogP contribution in [0.5, 0.6) is 11.5 Å². The summed E-state index contributed by atoms with van der Waals surface area (Å²) >= 11 is 1.52. The number of esters is 1. The van der Waals surface area contributed by atoms with E-state index >= 15 is 0 Å². The van der Waals surface area contributed by atoms with Gasteiger partial charge in [0.1, 0.15) is 30.8 Å². The molecule has 59 heavy (non-hydrogen) atoms. The van der Waals surface area contributed by atoms with Crippen LogP contribution in [0.4, 0.5) is 4.79 Å². The van der Waals surface area contributed by atoms with Crippen molar-refractivity contribution in [1.29, 1.82) is 0 Å². The van der Waals surface area contributed by atoms with Gasteiger partial charge in [-0.3, -0.25) is 9.69 Å². The van der Waals surface area contributed by atoms with Crippen molar-refractivity contribution >= 4 is 34.3 Å². The number of aliphatic hydroxyl groups excluding tert-OH is 1. The Morgan fingerprint density at radius 3 is 2.46 bits per heavy atom. The molecule has 3 atom stereocenters. The molecule has 9 rings (SSSR count). The number of carbonyl (C=O) groups is 2. The highest BCUT2D eigenvalue weighted by atomic mass is 32.1. The summed E-state index contributed by atoms with van der Waals surface area (Å²) in [7, 11) is 0. The fourth-order valence-electron chi connectivity index (χ4n) is 7.84. The molecule has 6 aromatic rings. The van der Waals surface area contributed by atoms with Gasteiger partial charge < -0.3 is 40.0 Å². The Morgan fingerprint density at radius 2 is 1.68 bits per heavy atom. The molecule has 0 spiro atoms. The van der Waals surface area contributed by atoms with Crippen LogP contribution in [0.3, 0.4) is 0 Å². The molecule has 3 fully saturated rings. The van der Waals surface area contributed by atoms with Crippen molar-refractivity contribution in [2.24, 2.45) is 5.92 Å². The van der Waals surface area contributed by atoms with Crippen LogP contribution in [0.2, 0.25) is 0 Å². The average Bonchev–Trinajstić information content (AvgIpc) is 3.72. The molecule has 0 radical (unpaired) electrons. The number of aliphatic hydroxyl groups is 1. The first-order chi connectivity index (χ1) is 28.8. The first-order valence-corrected chi connectivity index (χ1v) is 20.7. The number of nitrogens with zero attached hydrogens (tertiary/aromatic N) is 1. The van der Waals surface area contributed by atoms with E-state index in [1.54, 1.807) is 24.3 Å². The van der Waals surface area contributed by atoms with E-state index < -0.39 is 24.2 Å². The number of carbonyl (C=O) groups excluding carboxylic acids is 2. The number of aromatic hydroxyl groups is 1. The predicted octanol–water partition coefficient (Wildman–Crippen LogP) is 6.96. The third-order valence-corrected chi connectivity index (χ3v) is 12.0. The number of benzene rings is 4. The van der Waals surface area contributed by atoms with Crippen molar-refractivity contribution in [3.63, 3.8) is 0 Å². The zero-order chi connectivity index (χ0) is 40.7. The molecule has 2 aromatic heterocycles. The zero-order valence-corrected chi connectivity index (χ0v) is 33.2. The van der Waals surface area contributed by atoms with Crippen LogP contribution in [0.1, 0.15) is 68.0 Å². The number of pyridine rings is 1. The van der Waals surface area contributed by atoms with E-state index in [0.717, 1.165) is 59.6 Å². The van der Waals surface area contributed by atoms with Crippen molar-refractivity contribution in [2.75, 3.05) is 26.2 Å². The van der Waals surface area contributed by atoms with Crippen molar-refractivity contribution in [3.05, 3.63) is 163 Å². The maximum atomic E-state index is 13.2.